The average molecular weight is 236 g/mol. The number of carboxylic acid groups (broad SMARTS) is 1. The Kier molecular flexibility index (Phi) is 3.50. The van der Waals surface area contributed by atoms with Gasteiger partial charge in [-0.2, -0.15) is 5.10 Å². The van der Waals surface area contributed by atoms with Gasteiger partial charge in [0.05, 0.1) is 5.69 Å². The van der Waals surface area contributed by atoms with Gasteiger partial charge in [-0.25, -0.2) is 4.79 Å². The number of carboxylic acids is 1. The van der Waals surface area contributed by atoms with Crippen molar-refractivity contribution in [3.05, 3.63) is 17.5 Å². The van der Waals surface area contributed by atoms with Crippen molar-refractivity contribution in [2.75, 3.05) is 0 Å². The Morgan fingerprint density at radius 1 is 1.59 bits per heavy atom. The van der Waals surface area contributed by atoms with Crippen molar-refractivity contribution in [1.82, 2.24) is 9.78 Å². The lowest BCUT2D eigenvalue weighted by Gasteiger charge is -2.09. The standard InChI is InChI=1S/C13H20N2O2/c1-3-9(2)15-8-11(13(16)17)12(14-15)10-6-4-5-7-10/h8-10H,3-7H2,1-2H3,(H,16,17). The molecule has 94 valence electrons. The zero-order chi connectivity index (χ0) is 12.4. The molecule has 0 saturated heterocycles. The van der Waals surface area contributed by atoms with Crippen LogP contribution in [0.5, 0.6) is 0 Å². The molecule has 1 atom stereocenters. The summed E-state index contributed by atoms with van der Waals surface area (Å²) in [6, 6.07) is 0.267. The molecule has 0 spiro atoms. The number of hydrogen-bond donors (Lipinski definition) is 1. The zero-order valence-electron chi connectivity index (χ0n) is 10.5. The molecule has 1 fully saturated rings. The molecule has 17 heavy (non-hydrogen) atoms. The smallest absolute Gasteiger partial charge is 0.339 e. The maximum atomic E-state index is 11.2. The molecule has 1 aliphatic rings. The summed E-state index contributed by atoms with van der Waals surface area (Å²) in [5, 5.41) is 13.8. The fraction of sp³-hybridized carbons (Fsp3) is 0.692. The second kappa shape index (κ2) is 4.90. The third-order valence-electron chi connectivity index (χ3n) is 3.78. The highest BCUT2D eigenvalue weighted by atomic mass is 16.4. The van der Waals surface area contributed by atoms with Crippen molar-refractivity contribution < 1.29 is 9.90 Å². The summed E-state index contributed by atoms with van der Waals surface area (Å²) in [5.41, 5.74) is 1.20. The third kappa shape index (κ3) is 2.35. The Morgan fingerprint density at radius 3 is 2.76 bits per heavy atom. The molecule has 1 N–H and O–H groups in total. The first-order valence-corrected chi connectivity index (χ1v) is 6.45. The molecular formula is C13H20N2O2. The van der Waals surface area contributed by atoms with Crippen LogP contribution < -0.4 is 0 Å². The van der Waals surface area contributed by atoms with Gasteiger partial charge < -0.3 is 5.11 Å². The quantitative estimate of drug-likeness (QED) is 0.873. The molecule has 1 aliphatic carbocycles. The van der Waals surface area contributed by atoms with Crippen molar-refractivity contribution in [3.8, 4) is 0 Å². The molecule has 0 radical (unpaired) electrons. The van der Waals surface area contributed by atoms with Crippen LogP contribution >= 0.6 is 0 Å². The van der Waals surface area contributed by atoms with E-state index in [9.17, 15) is 9.90 Å². The highest BCUT2D eigenvalue weighted by molar-refractivity contribution is 5.88. The molecule has 0 amide bonds. The zero-order valence-corrected chi connectivity index (χ0v) is 10.5. The van der Waals surface area contributed by atoms with Crippen molar-refractivity contribution in [1.29, 1.82) is 0 Å². The Balaban J connectivity index is 2.34. The Labute approximate surface area is 102 Å². The highest BCUT2D eigenvalue weighted by Gasteiger charge is 2.26. The van der Waals surface area contributed by atoms with Crippen LogP contribution in [0.15, 0.2) is 6.20 Å². The first-order valence-electron chi connectivity index (χ1n) is 6.45. The van der Waals surface area contributed by atoms with Gasteiger partial charge >= 0.3 is 5.97 Å². The maximum Gasteiger partial charge on any atom is 0.339 e. The number of rotatable bonds is 4. The number of nitrogens with zero attached hydrogens (tertiary/aromatic N) is 2. The van der Waals surface area contributed by atoms with Crippen LogP contribution in [0.2, 0.25) is 0 Å². The molecule has 1 heterocycles. The average Bonchev–Trinajstić information content (AvgIpc) is 2.95. The molecule has 0 aromatic carbocycles. The lowest BCUT2D eigenvalue weighted by atomic mass is 10.0. The lowest BCUT2D eigenvalue weighted by Crippen LogP contribution is -2.06. The van der Waals surface area contributed by atoms with Gasteiger partial charge in [0.1, 0.15) is 5.56 Å². The summed E-state index contributed by atoms with van der Waals surface area (Å²) in [5.74, 6) is -0.493. The SMILES string of the molecule is CCC(C)n1cc(C(=O)O)c(C2CCCC2)n1. The molecule has 1 aromatic rings. The largest absolute Gasteiger partial charge is 0.478 e. The van der Waals surface area contributed by atoms with Gasteiger partial charge in [0.2, 0.25) is 0 Å². The Hall–Kier alpha value is -1.32. The van der Waals surface area contributed by atoms with E-state index in [1.54, 1.807) is 6.20 Å². The molecule has 1 saturated carbocycles. The number of aromatic carboxylic acids is 1. The van der Waals surface area contributed by atoms with E-state index in [-0.39, 0.29) is 6.04 Å². The summed E-state index contributed by atoms with van der Waals surface area (Å²) in [6.45, 7) is 4.15. The summed E-state index contributed by atoms with van der Waals surface area (Å²) >= 11 is 0. The van der Waals surface area contributed by atoms with Gasteiger partial charge in [-0.3, -0.25) is 4.68 Å². The van der Waals surface area contributed by atoms with Crippen LogP contribution in [0.25, 0.3) is 0 Å². The van der Waals surface area contributed by atoms with Crippen LogP contribution in [0.3, 0.4) is 0 Å². The van der Waals surface area contributed by atoms with Gasteiger partial charge in [-0.05, 0) is 26.2 Å². The van der Waals surface area contributed by atoms with Gasteiger partial charge in [-0.1, -0.05) is 19.8 Å². The highest BCUT2D eigenvalue weighted by Crippen LogP contribution is 2.35. The van der Waals surface area contributed by atoms with Crippen LogP contribution in [-0.4, -0.2) is 20.9 Å². The Bertz CT molecular complexity index is 406. The lowest BCUT2D eigenvalue weighted by molar-refractivity contribution is 0.0695. The molecule has 2 rings (SSSR count). The molecule has 0 aliphatic heterocycles. The molecule has 1 unspecified atom stereocenters. The molecule has 1 aromatic heterocycles. The fourth-order valence-electron chi connectivity index (χ4n) is 2.48. The van der Waals surface area contributed by atoms with E-state index >= 15 is 0 Å². The summed E-state index contributed by atoms with van der Waals surface area (Å²) < 4.78 is 1.82. The normalized spacial score (nSPS) is 18.5. The van der Waals surface area contributed by atoms with Crippen molar-refractivity contribution >= 4 is 5.97 Å². The van der Waals surface area contributed by atoms with Gasteiger partial charge in [0.25, 0.3) is 0 Å². The first-order chi connectivity index (χ1) is 8.13. The first kappa shape index (κ1) is 12.1. The molecule has 4 heteroatoms. The minimum absolute atomic E-state index is 0.267. The predicted molar refractivity (Wildman–Crippen MR) is 65.4 cm³/mol. The van der Waals surface area contributed by atoms with Crippen molar-refractivity contribution in [2.45, 2.75) is 57.9 Å². The second-order valence-electron chi connectivity index (χ2n) is 4.95. The monoisotopic (exact) mass is 236 g/mol. The number of hydrogen-bond acceptors (Lipinski definition) is 2. The predicted octanol–water partition coefficient (Wildman–Crippen LogP) is 3.21. The van der Waals surface area contributed by atoms with E-state index in [0.29, 0.717) is 11.5 Å². The van der Waals surface area contributed by atoms with Gasteiger partial charge in [-0.15, -0.1) is 0 Å². The fourth-order valence-corrected chi connectivity index (χ4v) is 2.48. The summed E-state index contributed by atoms with van der Waals surface area (Å²) in [4.78, 5) is 11.2. The molecular weight excluding hydrogens is 216 g/mol. The van der Waals surface area contributed by atoms with E-state index in [1.807, 2.05) is 4.68 Å². The van der Waals surface area contributed by atoms with E-state index in [2.05, 4.69) is 18.9 Å². The van der Waals surface area contributed by atoms with Crippen molar-refractivity contribution in [2.24, 2.45) is 0 Å². The van der Waals surface area contributed by atoms with Gasteiger partial charge in [0, 0.05) is 18.2 Å². The number of aromatic nitrogens is 2. The Morgan fingerprint density at radius 2 is 2.24 bits per heavy atom. The molecule has 0 bridgehead atoms. The minimum Gasteiger partial charge on any atom is -0.478 e. The number of carbonyl (C=O) groups is 1. The van der Waals surface area contributed by atoms with E-state index in [4.69, 9.17) is 0 Å². The third-order valence-corrected chi connectivity index (χ3v) is 3.78. The van der Waals surface area contributed by atoms with Crippen LogP contribution in [0.4, 0.5) is 0 Å². The van der Waals surface area contributed by atoms with Crippen LogP contribution in [0.1, 0.15) is 74.0 Å². The topological polar surface area (TPSA) is 55.1 Å². The van der Waals surface area contributed by atoms with Crippen LogP contribution in [-0.2, 0) is 0 Å². The maximum absolute atomic E-state index is 11.2. The second-order valence-corrected chi connectivity index (χ2v) is 4.95. The summed E-state index contributed by atoms with van der Waals surface area (Å²) in [7, 11) is 0. The molecule has 4 nitrogen and oxygen atoms in total. The summed E-state index contributed by atoms with van der Waals surface area (Å²) in [6.07, 6.45) is 7.21. The van der Waals surface area contributed by atoms with E-state index < -0.39 is 5.97 Å². The van der Waals surface area contributed by atoms with E-state index in [0.717, 1.165) is 25.0 Å². The van der Waals surface area contributed by atoms with Gasteiger partial charge in [0.15, 0.2) is 0 Å². The minimum atomic E-state index is -0.846. The van der Waals surface area contributed by atoms with Crippen LogP contribution in [0, 0.1) is 0 Å². The van der Waals surface area contributed by atoms with E-state index in [1.165, 1.54) is 12.8 Å². The van der Waals surface area contributed by atoms with Crippen molar-refractivity contribution in [3.63, 3.8) is 0 Å².